The van der Waals surface area contributed by atoms with Crippen LogP contribution in [0.4, 0.5) is 0 Å². The molecule has 0 spiro atoms. The minimum absolute atomic E-state index is 0.631. The van der Waals surface area contributed by atoms with E-state index in [9.17, 15) is 70.9 Å². The maximum absolute atomic E-state index is 11.9. The molecule has 296 valence electrons. The predicted molar refractivity (Wildman–Crippen MR) is 157 cm³/mol. The highest BCUT2D eigenvalue weighted by atomic mass is 16.8. The summed E-state index contributed by atoms with van der Waals surface area (Å²) in [7, 11) is 0. The Morgan fingerprint density at radius 2 is 0.882 bits per heavy atom. The molecular formula is C28H48N2O21. The second-order valence-corrected chi connectivity index (χ2v) is 12.6. The van der Waals surface area contributed by atoms with Crippen LogP contribution in [-0.4, -0.2) is 222 Å². The molecule has 4 fully saturated rings. The molecular weight excluding hydrogens is 700 g/mol. The first-order valence-electron chi connectivity index (χ1n) is 16.1. The third kappa shape index (κ3) is 9.11. The smallest absolute Gasteiger partial charge is 0.218 e. The lowest BCUT2D eigenvalue weighted by Crippen LogP contribution is -2.69. The number of hydrogen-bond acceptors (Lipinski definition) is 21. The third-order valence-electron chi connectivity index (χ3n) is 8.98. The first-order valence-corrected chi connectivity index (χ1v) is 16.1. The van der Waals surface area contributed by atoms with E-state index in [0.29, 0.717) is 0 Å². The van der Waals surface area contributed by atoms with Crippen molar-refractivity contribution in [3.8, 4) is 0 Å². The first kappa shape index (κ1) is 41.9. The fraction of sp³-hybridized carbons (Fsp3) is 0.929. The average Bonchev–Trinajstić information content (AvgIpc) is 3.09. The van der Waals surface area contributed by atoms with Gasteiger partial charge in [0.2, 0.25) is 11.8 Å². The van der Waals surface area contributed by atoms with Crippen LogP contribution in [0.2, 0.25) is 0 Å². The monoisotopic (exact) mass is 748 g/mol. The molecule has 0 aliphatic carbocycles. The van der Waals surface area contributed by atoms with Crippen molar-refractivity contribution in [2.45, 2.75) is 137 Å². The Kier molecular flexibility index (Phi) is 14.8. The summed E-state index contributed by atoms with van der Waals surface area (Å²) >= 11 is 0. The summed E-state index contributed by atoms with van der Waals surface area (Å²) in [5.74, 6) is -1.33. The van der Waals surface area contributed by atoms with Gasteiger partial charge in [0.15, 0.2) is 25.1 Å². The van der Waals surface area contributed by atoms with E-state index in [1.54, 1.807) is 0 Å². The lowest BCUT2D eigenvalue weighted by atomic mass is 9.95. The van der Waals surface area contributed by atoms with Crippen molar-refractivity contribution >= 4 is 11.8 Å². The van der Waals surface area contributed by atoms with Crippen LogP contribution in [0, 0.1) is 0 Å². The van der Waals surface area contributed by atoms with Gasteiger partial charge in [-0.3, -0.25) is 9.59 Å². The molecule has 0 bridgehead atoms. The fourth-order valence-electron chi connectivity index (χ4n) is 6.28. The standard InChI is InChI=1S/C28H48N2O21/c1-7(35)29-13-17(40)14(37)9(3-31)46-26(13)50-23-15(38)10(4-32)48-28(20(23)43)51-24-16(39)11(5-33)47-27(21(24)44)49-22-12(6-34)45-25(30-8(2)36)19(42)18(22)41/h9-28,31-34,37-44H,3-6H2,1-2H3,(H,29,35)(H,30,36)/t9-,10-,11-,12-,13-,14+,15+,16+,17-,18-,19-,20-,21-,22-,23+,24+,25?,26+,27+,28-/m1/s1. The number of ether oxygens (including phenoxy) is 7. The molecule has 20 atom stereocenters. The number of nitrogens with one attached hydrogen (secondary N) is 2. The van der Waals surface area contributed by atoms with Crippen LogP contribution in [0.5, 0.6) is 0 Å². The van der Waals surface area contributed by atoms with Gasteiger partial charge in [0.05, 0.1) is 26.4 Å². The number of carbonyl (C=O) groups is 2. The van der Waals surface area contributed by atoms with E-state index in [1.807, 2.05) is 0 Å². The number of aliphatic hydroxyl groups excluding tert-OH is 12. The zero-order valence-corrected chi connectivity index (χ0v) is 27.4. The minimum atomic E-state index is -2.07. The van der Waals surface area contributed by atoms with Crippen LogP contribution in [0.1, 0.15) is 13.8 Å². The second-order valence-electron chi connectivity index (χ2n) is 12.6. The van der Waals surface area contributed by atoms with Crippen LogP contribution in [0.25, 0.3) is 0 Å². The number of amides is 2. The van der Waals surface area contributed by atoms with Gasteiger partial charge in [-0.25, -0.2) is 0 Å². The molecule has 1 unspecified atom stereocenters. The van der Waals surface area contributed by atoms with Crippen molar-refractivity contribution in [2.75, 3.05) is 26.4 Å². The molecule has 4 aliphatic rings. The summed E-state index contributed by atoms with van der Waals surface area (Å²) in [6, 6.07) is -1.51. The highest BCUT2D eigenvalue weighted by Gasteiger charge is 2.55. The first-order chi connectivity index (χ1) is 24.1. The van der Waals surface area contributed by atoms with Crippen molar-refractivity contribution in [1.82, 2.24) is 10.6 Å². The molecule has 0 radical (unpaired) electrons. The Morgan fingerprint density at radius 1 is 0.471 bits per heavy atom. The van der Waals surface area contributed by atoms with Crippen molar-refractivity contribution in [3.63, 3.8) is 0 Å². The maximum Gasteiger partial charge on any atom is 0.218 e. The van der Waals surface area contributed by atoms with E-state index in [0.717, 1.165) is 13.8 Å². The Labute approximate surface area is 289 Å². The third-order valence-corrected chi connectivity index (χ3v) is 8.98. The van der Waals surface area contributed by atoms with E-state index in [-0.39, 0.29) is 0 Å². The molecule has 14 N–H and O–H groups in total. The molecule has 0 saturated carbocycles. The number of carbonyl (C=O) groups excluding carboxylic acids is 2. The van der Waals surface area contributed by atoms with Crippen LogP contribution >= 0.6 is 0 Å². The predicted octanol–water partition coefficient (Wildman–Crippen LogP) is -9.46. The Morgan fingerprint density at radius 3 is 1.33 bits per heavy atom. The molecule has 2 amide bonds. The van der Waals surface area contributed by atoms with Crippen molar-refractivity contribution in [2.24, 2.45) is 0 Å². The molecule has 4 heterocycles. The normalized spacial score (nSPS) is 47.8. The van der Waals surface area contributed by atoms with Gasteiger partial charge in [0, 0.05) is 13.8 Å². The van der Waals surface area contributed by atoms with Crippen LogP contribution in [0.15, 0.2) is 0 Å². The zero-order valence-electron chi connectivity index (χ0n) is 27.4. The summed E-state index contributed by atoms with van der Waals surface area (Å²) < 4.78 is 39.1. The molecule has 4 saturated heterocycles. The SMILES string of the molecule is CC(=O)NC1O[C@H](CO)[C@@H](O[C@@H]2O[C@H](CO)[C@H](O)[C@H](O[C@H]3O[C@H](CO)[C@H](O)[C@H](O[C@@H]4O[C@H](CO)[C@H](O)[C@H](O)[C@H]4NC(C)=O)[C@H]3O)[C@H]2O)[C@H](O)[C@H]1O. The molecule has 4 rings (SSSR count). The van der Waals surface area contributed by atoms with Crippen molar-refractivity contribution < 1.29 is 104 Å². The van der Waals surface area contributed by atoms with E-state index < -0.39 is 161 Å². The van der Waals surface area contributed by atoms with E-state index in [4.69, 9.17) is 33.2 Å². The van der Waals surface area contributed by atoms with E-state index in [1.165, 1.54) is 0 Å². The summed E-state index contributed by atoms with van der Waals surface area (Å²) in [5, 5.41) is 131. The van der Waals surface area contributed by atoms with Gasteiger partial charge in [-0.15, -0.1) is 0 Å². The maximum atomic E-state index is 11.9. The summed E-state index contributed by atoms with van der Waals surface area (Å²) in [6.07, 6.45) is -33.4. The molecule has 4 aliphatic heterocycles. The lowest BCUT2D eigenvalue weighted by molar-refractivity contribution is -0.383. The Bertz CT molecular complexity index is 1140. The summed E-state index contributed by atoms with van der Waals surface area (Å²) in [5.41, 5.74) is 0. The topological polar surface area (TPSA) is 366 Å². The highest BCUT2D eigenvalue weighted by Crippen LogP contribution is 2.34. The fourth-order valence-corrected chi connectivity index (χ4v) is 6.28. The van der Waals surface area contributed by atoms with Gasteiger partial charge >= 0.3 is 0 Å². The molecule has 0 aromatic rings. The summed E-state index contributed by atoms with van der Waals surface area (Å²) in [4.78, 5) is 23.4. The molecule has 0 aromatic carbocycles. The minimum Gasteiger partial charge on any atom is -0.394 e. The summed E-state index contributed by atoms with van der Waals surface area (Å²) in [6.45, 7) is -1.27. The Hall–Kier alpha value is -1.82. The van der Waals surface area contributed by atoms with Gasteiger partial charge in [-0.1, -0.05) is 0 Å². The van der Waals surface area contributed by atoms with Gasteiger partial charge in [-0.05, 0) is 0 Å². The quantitative estimate of drug-likeness (QED) is 0.0881. The zero-order chi connectivity index (χ0) is 37.9. The molecule has 0 aromatic heterocycles. The van der Waals surface area contributed by atoms with Crippen molar-refractivity contribution in [3.05, 3.63) is 0 Å². The Balaban J connectivity index is 1.55. The largest absolute Gasteiger partial charge is 0.394 e. The molecule has 51 heavy (non-hydrogen) atoms. The van der Waals surface area contributed by atoms with E-state index in [2.05, 4.69) is 10.6 Å². The van der Waals surface area contributed by atoms with Gasteiger partial charge in [-0.2, -0.15) is 0 Å². The highest BCUT2D eigenvalue weighted by molar-refractivity contribution is 5.73. The van der Waals surface area contributed by atoms with Gasteiger partial charge < -0.3 is 105 Å². The number of hydrogen-bond donors (Lipinski definition) is 14. The molecule has 23 nitrogen and oxygen atoms in total. The number of aliphatic hydroxyl groups is 12. The second kappa shape index (κ2) is 18.0. The number of rotatable bonds is 12. The van der Waals surface area contributed by atoms with Crippen LogP contribution in [-0.2, 0) is 42.7 Å². The van der Waals surface area contributed by atoms with Crippen LogP contribution < -0.4 is 10.6 Å². The van der Waals surface area contributed by atoms with Gasteiger partial charge in [0.25, 0.3) is 0 Å². The van der Waals surface area contributed by atoms with E-state index >= 15 is 0 Å². The average molecular weight is 749 g/mol. The lowest BCUT2D eigenvalue weighted by Gasteiger charge is -2.49. The van der Waals surface area contributed by atoms with Crippen LogP contribution in [0.3, 0.4) is 0 Å². The van der Waals surface area contributed by atoms with Gasteiger partial charge in [0.1, 0.15) is 97.6 Å². The van der Waals surface area contributed by atoms with Crippen molar-refractivity contribution in [1.29, 1.82) is 0 Å². The molecule has 23 heteroatoms.